The van der Waals surface area contributed by atoms with Crippen LogP contribution in [0.5, 0.6) is 0 Å². The van der Waals surface area contributed by atoms with E-state index in [1.54, 1.807) is 9.91 Å². The van der Waals surface area contributed by atoms with Gasteiger partial charge < -0.3 is 21.4 Å². The van der Waals surface area contributed by atoms with Crippen molar-refractivity contribution in [1.29, 1.82) is 0 Å². The number of carbonyl (C=O) groups excluding carboxylic acids is 1. The van der Waals surface area contributed by atoms with Crippen molar-refractivity contribution in [3.63, 3.8) is 0 Å². The molecule has 0 spiro atoms. The molecule has 1 aliphatic rings. The van der Waals surface area contributed by atoms with Gasteiger partial charge in [-0.25, -0.2) is 5.84 Å². The third kappa shape index (κ3) is 4.75. The Bertz CT molecular complexity index is 885. The molecule has 1 atom stereocenters. The van der Waals surface area contributed by atoms with Gasteiger partial charge in [0.15, 0.2) is 0 Å². The van der Waals surface area contributed by atoms with Gasteiger partial charge in [0.1, 0.15) is 0 Å². The lowest BCUT2D eigenvalue weighted by Crippen LogP contribution is -2.34. The first-order valence-corrected chi connectivity index (χ1v) is 10.5. The van der Waals surface area contributed by atoms with Gasteiger partial charge in [-0.3, -0.25) is 4.79 Å². The Morgan fingerprint density at radius 2 is 1.79 bits per heavy atom. The average Bonchev–Trinajstić information content (AvgIpc) is 2.74. The Kier molecular flexibility index (Phi) is 7.19. The van der Waals surface area contributed by atoms with E-state index in [0.717, 1.165) is 53.7 Å². The molecule has 6 N–H and O–H groups in total. The summed E-state index contributed by atoms with van der Waals surface area (Å²) in [4.78, 5) is 13.6. The normalized spacial score (nSPS) is 17.0. The summed E-state index contributed by atoms with van der Waals surface area (Å²) in [7, 11) is 0. The van der Waals surface area contributed by atoms with Crippen LogP contribution < -0.4 is 22.2 Å². The number of benzene rings is 2. The molecule has 0 unspecified atom stereocenters. The number of thiol groups is 1. The SMILES string of the molecule is N/C1=C(\N(N)CCCC[C@H](N)CS)c2ccccc2N(C=O)Cc2ccccc21. The van der Waals surface area contributed by atoms with E-state index in [-0.39, 0.29) is 6.04 Å². The molecule has 0 radical (unpaired) electrons. The van der Waals surface area contributed by atoms with Crippen LogP contribution in [0.4, 0.5) is 5.69 Å². The first-order valence-electron chi connectivity index (χ1n) is 9.84. The Balaban J connectivity index is 1.99. The number of hydrogen-bond acceptors (Lipinski definition) is 6. The molecule has 0 saturated heterocycles. The van der Waals surface area contributed by atoms with Gasteiger partial charge in [-0.1, -0.05) is 48.9 Å². The third-order valence-corrected chi connectivity index (χ3v) is 5.71. The summed E-state index contributed by atoms with van der Waals surface area (Å²) in [5.74, 6) is 7.19. The molecule has 0 saturated carbocycles. The number of rotatable bonds is 8. The van der Waals surface area contributed by atoms with E-state index in [4.69, 9.17) is 17.3 Å². The molecule has 154 valence electrons. The zero-order valence-corrected chi connectivity index (χ0v) is 17.4. The fourth-order valence-corrected chi connectivity index (χ4v) is 3.86. The first kappa shape index (κ1) is 21.2. The molecular formula is C22H29N5OS. The minimum Gasteiger partial charge on any atom is -0.396 e. The molecule has 0 aliphatic carbocycles. The molecule has 0 bridgehead atoms. The lowest BCUT2D eigenvalue weighted by Gasteiger charge is -2.31. The Labute approximate surface area is 177 Å². The minimum atomic E-state index is 0.101. The average molecular weight is 412 g/mol. The molecule has 3 rings (SSSR count). The number of anilines is 1. The van der Waals surface area contributed by atoms with E-state index >= 15 is 0 Å². The topological polar surface area (TPSA) is 102 Å². The molecule has 1 amide bonds. The summed E-state index contributed by atoms with van der Waals surface area (Å²) >= 11 is 4.23. The third-order valence-electron chi connectivity index (χ3n) is 5.24. The zero-order chi connectivity index (χ0) is 20.8. The number of carbonyl (C=O) groups is 1. The van der Waals surface area contributed by atoms with Crippen molar-refractivity contribution in [2.45, 2.75) is 31.8 Å². The lowest BCUT2D eigenvalue weighted by molar-refractivity contribution is -0.107. The summed E-state index contributed by atoms with van der Waals surface area (Å²) in [6, 6.07) is 15.7. The van der Waals surface area contributed by atoms with E-state index < -0.39 is 0 Å². The van der Waals surface area contributed by atoms with Gasteiger partial charge in [0.05, 0.1) is 23.6 Å². The van der Waals surface area contributed by atoms with Crippen molar-refractivity contribution in [2.24, 2.45) is 17.3 Å². The smallest absolute Gasteiger partial charge is 0.214 e. The summed E-state index contributed by atoms with van der Waals surface area (Å²) in [5.41, 5.74) is 17.5. The monoisotopic (exact) mass is 411 g/mol. The van der Waals surface area contributed by atoms with E-state index in [0.29, 0.717) is 24.5 Å². The van der Waals surface area contributed by atoms with Crippen molar-refractivity contribution in [3.8, 4) is 0 Å². The van der Waals surface area contributed by atoms with Crippen molar-refractivity contribution < 1.29 is 4.79 Å². The maximum absolute atomic E-state index is 11.9. The van der Waals surface area contributed by atoms with Crippen LogP contribution in [0.1, 0.15) is 36.0 Å². The number of para-hydroxylation sites is 1. The number of nitrogens with zero attached hydrogens (tertiary/aromatic N) is 2. The molecule has 0 aromatic heterocycles. The zero-order valence-electron chi connectivity index (χ0n) is 16.5. The molecular weight excluding hydrogens is 382 g/mol. The summed E-state index contributed by atoms with van der Waals surface area (Å²) < 4.78 is 0. The molecule has 2 aromatic rings. The summed E-state index contributed by atoms with van der Waals surface area (Å²) in [6.45, 7) is 1.09. The fraction of sp³-hybridized carbons (Fsp3) is 0.318. The van der Waals surface area contributed by atoms with Crippen LogP contribution in [0, 0.1) is 0 Å². The summed E-state index contributed by atoms with van der Waals surface area (Å²) in [6.07, 6.45) is 3.61. The molecule has 6 nitrogen and oxygen atoms in total. The first-order chi connectivity index (χ1) is 14.1. The molecule has 1 aliphatic heterocycles. The molecule has 2 aromatic carbocycles. The van der Waals surface area contributed by atoms with Crippen molar-refractivity contribution in [2.75, 3.05) is 17.2 Å². The highest BCUT2D eigenvalue weighted by atomic mass is 32.1. The van der Waals surface area contributed by atoms with E-state index in [2.05, 4.69) is 12.6 Å². The van der Waals surface area contributed by atoms with Gasteiger partial charge in [-0.15, -0.1) is 0 Å². The van der Waals surface area contributed by atoms with Gasteiger partial charge in [-0.2, -0.15) is 12.6 Å². The molecule has 1 heterocycles. The molecule has 29 heavy (non-hydrogen) atoms. The number of nitrogens with two attached hydrogens (primary N) is 3. The minimum absolute atomic E-state index is 0.101. The Morgan fingerprint density at radius 1 is 1.10 bits per heavy atom. The number of fused-ring (bicyclic) bond motifs is 2. The maximum atomic E-state index is 11.9. The number of hydrazine groups is 1. The predicted octanol–water partition coefficient (Wildman–Crippen LogP) is 2.55. The molecule has 7 heteroatoms. The van der Waals surface area contributed by atoms with Crippen LogP contribution in [0.2, 0.25) is 0 Å². The second-order valence-electron chi connectivity index (χ2n) is 7.30. The van der Waals surface area contributed by atoms with E-state index in [9.17, 15) is 4.79 Å². The van der Waals surface area contributed by atoms with Gasteiger partial charge in [0.25, 0.3) is 0 Å². The number of hydrogen-bond donors (Lipinski definition) is 4. The standard InChI is InChI=1S/C22H29N5OS/c23-17(14-29)8-5-6-12-27(25)22-19-10-3-4-11-20(19)26(15-28)13-16-7-1-2-9-18(16)21(22)24/h1-4,7,9-11,15,17,29H,5-6,8,12-14,23-25H2/b22-21-/t17-/m0/s1. The van der Waals surface area contributed by atoms with Crippen molar-refractivity contribution in [1.82, 2.24) is 5.01 Å². The van der Waals surface area contributed by atoms with Gasteiger partial charge >= 0.3 is 0 Å². The summed E-state index contributed by atoms with van der Waals surface area (Å²) in [5, 5.41) is 1.70. The highest BCUT2D eigenvalue weighted by Gasteiger charge is 2.24. The quantitative estimate of drug-likeness (QED) is 0.176. The van der Waals surface area contributed by atoms with Gasteiger partial charge in [0.2, 0.25) is 6.41 Å². The van der Waals surface area contributed by atoms with Crippen LogP contribution in [-0.2, 0) is 11.3 Å². The second-order valence-corrected chi connectivity index (χ2v) is 7.67. The fourth-order valence-electron chi connectivity index (χ4n) is 3.68. The maximum Gasteiger partial charge on any atom is 0.214 e. The lowest BCUT2D eigenvalue weighted by atomic mass is 9.96. The van der Waals surface area contributed by atoms with Crippen molar-refractivity contribution >= 4 is 36.1 Å². The second kappa shape index (κ2) is 9.82. The highest BCUT2D eigenvalue weighted by Crippen LogP contribution is 2.36. The number of unbranched alkanes of at least 4 members (excludes halogenated alkanes) is 1. The van der Waals surface area contributed by atoms with E-state index in [1.807, 2.05) is 48.5 Å². The predicted molar refractivity (Wildman–Crippen MR) is 123 cm³/mol. The largest absolute Gasteiger partial charge is 0.396 e. The van der Waals surface area contributed by atoms with E-state index in [1.165, 1.54) is 0 Å². The van der Waals surface area contributed by atoms with Crippen LogP contribution in [-0.4, -0.2) is 29.8 Å². The molecule has 0 fully saturated rings. The van der Waals surface area contributed by atoms with Gasteiger partial charge in [-0.05, 0) is 24.5 Å². The van der Waals surface area contributed by atoms with Crippen LogP contribution in [0.15, 0.2) is 48.5 Å². The van der Waals surface area contributed by atoms with Crippen molar-refractivity contribution in [3.05, 3.63) is 65.2 Å². The van der Waals surface area contributed by atoms with Gasteiger partial charge in [0, 0.05) is 29.5 Å². The number of amides is 1. The Morgan fingerprint density at radius 3 is 2.52 bits per heavy atom. The highest BCUT2D eigenvalue weighted by molar-refractivity contribution is 7.80. The van der Waals surface area contributed by atoms with Crippen LogP contribution in [0.3, 0.4) is 0 Å². The Hall–Kier alpha value is -2.48. The van der Waals surface area contributed by atoms with Crippen LogP contribution >= 0.6 is 12.6 Å². The van der Waals surface area contributed by atoms with Crippen LogP contribution in [0.25, 0.3) is 11.4 Å².